The maximum absolute atomic E-state index is 12.7. The quantitative estimate of drug-likeness (QED) is 0.555. The maximum atomic E-state index is 12.7. The minimum atomic E-state index is -0.604. The first-order valence-corrected chi connectivity index (χ1v) is 9.82. The van der Waals surface area contributed by atoms with Gasteiger partial charge in [0, 0.05) is 30.2 Å². The van der Waals surface area contributed by atoms with Crippen LogP contribution in [0, 0.1) is 0 Å². The molecule has 160 valence electrons. The molecule has 2 amide bonds. The Morgan fingerprint density at radius 1 is 1.03 bits per heavy atom. The van der Waals surface area contributed by atoms with Crippen molar-refractivity contribution in [2.75, 3.05) is 5.32 Å². The van der Waals surface area contributed by atoms with E-state index in [1.54, 1.807) is 81.7 Å². The SMILES string of the molecule is CC(C)(C)OC(=O)NCc1ccc(C(=O)Nc2ccncc2)cc1-c1cccc(O)c1. The summed E-state index contributed by atoms with van der Waals surface area (Å²) in [6, 6.07) is 15.3. The highest BCUT2D eigenvalue weighted by molar-refractivity contribution is 6.05. The van der Waals surface area contributed by atoms with Gasteiger partial charge in [-0.15, -0.1) is 0 Å². The molecule has 0 saturated heterocycles. The van der Waals surface area contributed by atoms with E-state index in [4.69, 9.17) is 4.74 Å². The molecule has 0 aliphatic carbocycles. The Labute approximate surface area is 181 Å². The molecule has 0 unspecified atom stereocenters. The normalized spacial score (nSPS) is 10.9. The topological polar surface area (TPSA) is 101 Å². The minimum absolute atomic E-state index is 0.107. The summed E-state index contributed by atoms with van der Waals surface area (Å²) in [6.45, 7) is 5.58. The van der Waals surface area contributed by atoms with E-state index in [1.165, 1.54) is 0 Å². The monoisotopic (exact) mass is 419 g/mol. The van der Waals surface area contributed by atoms with Gasteiger partial charge in [0.2, 0.25) is 0 Å². The number of carbonyl (C=O) groups excluding carboxylic acids is 2. The molecular formula is C24H25N3O4. The number of carbonyl (C=O) groups is 2. The van der Waals surface area contributed by atoms with Crippen LogP contribution in [0.3, 0.4) is 0 Å². The van der Waals surface area contributed by atoms with Gasteiger partial charge in [-0.1, -0.05) is 18.2 Å². The second-order valence-electron chi connectivity index (χ2n) is 7.97. The third-order valence-corrected chi connectivity index (χ3v) is 4.29. The Hall–Kier alpha value is -3.87. The number of aromatic hydroxyl groups is 1. The van der Waals surface area contributed by atoms with Crippen molar-refractivity contribution in [3.05, 3.63) is 78.1 Å². The molecule has 3 aromatic rings. The Morgan fingerprint density at radius 3 is 2.45 bits per heavy atom. The minimum Gasteiger partial charge on any atom is -0.508 e. The van der Waals surface area contributed by atoms with Gasteiger partial charge >= 0.3 is 6.09 Å². The summed E-state index contributed by atoms with van der Waals surface area (Å²) < 4.78 is 5.29. The molecule has 0 atom stereocenters. The van der Waals surface area contributed by atoms with E-state index >= 15 is 0 Å². The zero-order valence-corrected chi connectivity index (χ0v) is 17.7. The number of amides is 2. The molecule has 7 nitrogen and oxygen atoms in total. The molecule has 7 heteroatoms. The zero-order valence-electron chi connectivity index (χ0n) is 17.7. The molecule has 31 heavy (non-hydrogen) atoms. The van der Waals surface area contributed by atoms with Crippen LogP contribution in [0.4, 0.5) is 10.5 Å². The number of nitrogens with one attached hydrogen (secondary N) is 2. The fraction of sp³-hybridized carbons (Fsp3) is 0.208. The van der Waals surface area contributed by atoms with E-state index < -0.39 is 11.7 Å². The first kappa shape index (κ1) is 21.8. The summed E-state index contributed by atoms with van der Waals surface area (Å²) in [5, 5.41) is 15.5. The van der Waals surface area contributed by atoms with Crippen LogP contribution < -0.4 is 10.6 Å². The lowest BCUT2D eigenvalue weighted by atomic mass is 9.96. The molecule has 1 heterocycles. The lowest BCUT2D eigenvalue weighted by molar-refractivity contribution is 0.0523. The van der Waals surface area contributed by atoms with Crippen molar-refractivity contribution in [2.24, 2.45) is 0 Å². The zero-order chi connectivity index (χ0) is 22.4. The van der Waals surface area contributed by atoms with Crippen LogP contribution in [0.15, 0.2) is 67.0 Å². The van der Waals surface area contributed by atoms with E-state index in [9.17, 15) is 14.7 Å². The van der Waals surface area contributed by atoms with E-state index in [0.29, 0.717) is 16.8 Å². The van der Waals surface area contributed by atoms with E-state index in [1.807, 2.05) is 6.07 Å². The van der Waals surface area contributed by atoms with Gasteiger partial charge in [-0.2, -0.15) is 0 Å². The number of ether oxygens (including phenoxy) is 1. The number of pyridine rings is 1. The first-order valence-electron chi connectivity index (χ1n) is 9.82. The lowest BCUT2D eigenvalue weighted by Gasteiger charge is -2.20. The second kappa shape index (κ2) is 9.30. The summed E-state index contributed by atoms with van der Waals surface area (Å²) in [5.41, 5.74) is 2.68. The number of hydrogen-bond donors (Lipinski definition) is 3. The highest BCUT2D eigenvalue weighted by Crippen LogP contribution is 2.28. The molecule has 0 spiro atoms. The van der Waals surface area contributed by atoms with Gasteiger partial charge in [-0.3, -0.25) is 9.78 Å². The van der Waals surface area contributed by atoms with Gasteiger partial charge in [-0.25, -0.2) is 4.79 Å². The smallest absolute Gasteiger partial charge is 0.407 e. The maximum Gasteiger partial charge on any atom is 0.407 e. The van der Waals surface area contributed by atoms with Gasteiger partial charge in [0.05, 0.1) is 0 Å². The van der Waals surface area contributed by atoms with E-state index in [-0.39, 0.29) is 18.2 Å². The van der Waals surface area contributed by atoms with Gasteiger partial charge in [0.15, 0.2) is 0 Å². The number of anilines is 1. The molecule has 0 fully saturated rings. The number of nitrogens with zero attached hydrogens (tertiary/aromatic N) is 1. The van der Waals surface area contributed by atoms with Gasteiger partial charge < -0.3 is 20.5 Å². The van der Waals surface area contributed by atoms with E-state index in [0.717, 1.165) is 11.1 Å². The summed E-state index contributed by atoms with van der Waals surface area (Å²) in [6.07, 6.45) is 2.66. The average Bonchev–Trinajstić information content (AvgIpc) is 2.71. The molecule has 0 bridgehead atoms. The highest BCUT2D eigenvalue weighted by Gasteiger charge is 2.17. The predicted molar refractivity (Wildman–Crippen MR) is 119 cm³/mol. The molecule has 0 aliphatic heterocycles. The number of benzene rings is 2. The van der Waals surface area contributed by atoms with Crippen molar-refractivity contribution in [3.8, 4) is 16.9 Å². The Morgan fingerprint density at radius 2 is 1.77 bits per heavy atom. The number of phenols is 1. The second-order valence-corrected chi connectivity index (χ2v) is 7.97. The molecular weight excluding hydrogens is 394 g/mol. The largest absolute Gasteiger partial charge is 0.508 e. The number of alkyl carbamates (subject to hydrolysis) is 1. The van der Waals surface area contributed by atoms with Crippen molar-refractivity contribution in [1.82, 2.24) is 10.3 Å². The fourth-order valence-electron chi connectivity index (χ4n) is 2.93. The summed E-state index contributed by atoms with van der Waals surface area (Å²) in [4.78, 5) is 28.7. The van der Waals surface area contributed by atoms with Crippen molar-refractivity contribution in [3.63, 3.8) is 0 Å². The molecule has 3 rings (SSSR count). The average molecular weight is 419 g/mol. The number of rotatable bonds is 5. The number of phenolic OH excluding ortho intramolecular Hbond substituents is 1. The third-order valence-electron chi connectivity index (χ3n) is 4.29. The van der Waals surface area contributed by atoms with Crippen LogP contribution >= 0.6 is 0 Å². The van der Waals surface area contributed by atoms with E-state index in [2.05, 4.69) is 15.6 Å². The van der Waals surface area contributed by atoms with Crippen LogP contribution in [0.25, 0.3) is 11.1 Å². The van der Waals surface area contributed by atoms with Crippen molar-refractivity contribution in [2.45, 2.75) is 32.9 Å². The number of aromatic nitrogens is 1. The van der Waals surface area contributed by atoms with Crippen LogP contribution in [0.1, 0.15) is 36.7 Å². The van der Waals surface area contributed by atoms with Crippen LogP contribution in [-0.4, -0.2) is 27.7 Å². The van der Waals surface area contributed by atoms with Gasteiger partial charge in [-0.05, 0) is 73.9 Å². The highest BCUT2D eigenvalue weighted by atomic mass is 16.6. The molecule has 1 aromatic heterocycles. The summed E-state index contributed by atoms with van der Waals surface area (Å²) in [7, 11) is 0. The molecule has 2 aromatic carbocycles. The van der Waals surface area contributed by atoms with Gasteiger partial charge in [0.1, 0.15) is 11.4 Å². The number of hydrogen-bond acceptors (Lipinski definition) is 5. The Bertz CT molecular complexity index is 1080. The molecule has 0 saturated carbocycles. The van der Waals surface area contributed by atoms with Crippen LogP contribution in [0.5, 0.6) is 5.75 Å². The molecule has 3 N–H and O–H groups in total. The molecule has 0 radical (unpaired) electrons. The Kier molecular flexibility index (Phi) is 6.55. The summed E-state index contributed by atoms with van der Waals surface area (Å²) >= 11 is 0. The first-order chi connectivity index (χ1) is 14.7. The fourth-order valence-corrected chi connectivity index (χ4v) is 2.93. The van der Waals surface area contributed by atoms with Crippen LogP contribution in [0.2, 0.25) is 0 Å². The van der Waals surface area contributed by atoms with Crippen molar-refractivity contribution in [1.29, 1.82) is 0 Å². The van der Waals surface area contributed by atoms with Crippen molar-refractivity contribution >= 4 is 17.7 Å². The van der Waals surface area contributed by atoms with Crippen LogP contribution in [-0.2, 0) is 11.3 Å². The molecule has 0 aliphatic rings. The van der Waals surface area contributed by atoms with Gasteiger partial charge in [0.25, 0.3) is 5.91 Å². The lowest BCUT2D eigenvalue weighted by Crippen LogP contribution is -2.32. The standard InChI is InChI=1S/C24H25N3O4/c1-24(2,3)31-23(30)26-15-18-8-7-17(22(29)27-19-9-11-25-12-10-19)14-21(18)16-5-4-6-20(28)13-16/h4-14,28H,15H2,1-3H3,(H,26,30)(H,25,27,29). The third kappa shape index (κ3) is 6.30. The predicted octanol–water partition coefficient (Wildman–Crippen LogP) is 4.73. The Balaban J connectivity index is 1.88. The van der Waals surface area contributed by atoms with Crippen molar-refractivity contribution < 1.29 is 19.4 Å². The summed E-state index contributed by atoms with van der Waals surface area (Å²) in [5.74, 6) is -0.172.